The van der Waals surface area contributed by atoms with E-state index in [-0.39, 0.29) is 18.0 Å². The van der Waals surface area contributed by atoms with Gasteiger partial charge in [-0.15, -0.1) is 11.3 Å². The minimum atomic E-state index is -0.0532. The van der Waals surface area contributed by atoms with E-state index in [2.05, 4.69) is 15.6 Å². The van der Waals surface area contributed by atoms with Gasteiger partial charge in [0.2, 0.25) is 5.91 Å². The Morgan fingerprint density at radius 3 is 2.33 bits per heavy atom. The van der Waals surface area contributed by atoms with E-state index in [0.29, 0.717) is 25.6 Å². The normalized spacial score (nSPS) is 18.2. The molecule has 2 aliphatic rings. The highest BCUT2D eigenvalue weighted by molar-refractivity contribution is 7.13. The molecule has 2 fully saturated rings. The lowest BCUT2D eigenvalue weighted by atomic mass is 9.96. The van der Waals surface area contributed by atoms with Crippen LogP contribution in [0.15, 0.2) is 35.7 Å². The van der Waals surface area contributed by atoms with Gasteiger partial charge in [-0.1, -0.05) is 49.6 Å². The van der Waals surface area contributed by atoms with Crippen molar-refractivity contribution in [1.82, 2.24) is 20.5 Å². The smallest absolute Gasteiger partial charge is 0.315 e. The molecule has 0 radical (unpaired) electrons. The summed E-state index contributed by atoms with van der Waals surface area (Å²) >= 11 is 1.58. The summed E-state index contributed by atoms with van der Waals surface area (Å²) in [5.74, 6) is 0.116. The Morgan fingerprint density at radius 1 is 0.967 bits per heavy atom. The highest BCUT2D eigenvalue weighted by Gasteiger charge is 2.25. The quantitative estimate of drug-likeness (QED) is 0.760. The first kappa shape index (κ1) is 20.8. The first-order valence-electron chi connectivity index (χ1n) is 11.0. The van der Waals surface area contributed by atoms with Crippen molar-refractivity contribution in [3.8, 4) is 10.6 Å². The molecular weight excluding hydrogens is 396 g/mol. The number of amides is 3. The highest BCUT2D eigenvalue weighted by atomic mass is 32.1. The second-order valence-corrected chi connectivity index (χ2v) is 9.15. The lowest BCUT2D eigenvalue weighted by Crippen LogP contribution is -2.51. The largest absolute Gasteiger partial charge is 0.342 e. The predicted octanol–water partition coefficient (Wildman–Crippen LogP) is 3.98. The van der Waals surface area contributed by atoms with Crippen molar-refractivity contribution in [2.45, 2.75) is 63.5 Å². The molecule has 0 bridgehead atoms. The van der Waals surface area contributed by atoms with Gasteiger partial charge in [0.1, 0.15) is 5.01 Å². The maximum absolute atomic E-state index is 12.7. The van der Waals surface area contributed by atoms with Gasteiger partial charge in [-0.05, 0) is 25.7 Å². The number of urea groups is 1. The van der Waals surface area contributed by atoms with Crippen molar-refractivity contribution in [3.05, 3.63) is 41.4 Å². The van der Waals surface area contributed by atoms with Crippen molar-refractivity contribution in [2.24, 2.45) is 0 Å². The maximum Gasteiger partial charge on any atom is 0.315 e. The zero-order valence-corrected chi connectivity index (χ0v) is 18.1. The van der Waals surface area contributed by atoms with Gasteiger partial charge < -0.3 is 15.5 Å². The Balaban J connectivity index is 1.21. The van der Waals surface area contributed by atoms with Crippen LogP contribution in [0.2, 0.25) is 0 Å². The molecule has 2 heterocycles. The van der Waals surface area contributed by atoms with Crippen molar-refractivity contribution in [3.63, 3.8) is 0 Å². The summed E-state index contributed by atoms with van der Waals surface area (Å²) in [7, 11) is 0. The van der Waals surface area contributed by atoms with Gasteiger partial charge in [-0.2, -0.15) is 0 Å². The predicted molar refractivity (Wildman–Crippen MR) is 119 cm³/mol. The molecule has 1 aromatic carbocycles. The Bertz CT molecular complexity index is 840. The second kappa shape index (κ2) is 10.1. The number of thiazole rings is 1. The second-order valence-electron chi connectivity index (χ2n) is 8.29. The molecule has 160 valence electrons. The standard InChI is InChI=1S/C23H30N4O2S/c28-21(15-20-16-30-22(24-20)17-7-3-1-4-8-17)27-13-11-19(12-14-27)26-23(29)25-18-9-5-2-6-10-18/h1,3-4,7-8,16,18-19H,2,5-6,9-15H2,(H2,25,26,29). The number of nitrogens with zero attached hydrogens (tertiary/aromatic N) is 2. The SMILES string of the molecule is O=C(NC1CCCCC1)NC1CCN(C(=O)Cc2csc(-c3ccccc3)n2)CC1. The average Bonchev–Trinajstić information content (AvgIpc) is 3.24. The van der Waals surface area contributed by atoms with Crippen LogP contribution < -0.4 is 10.6 Å². The molecule has 7 heteroatoms. The van der Waals surface area contributed by atoms with Crippen LogP contribution in [0.4, 0.5) is 4.79 Å². The fourth-order valence-electron chi connectivity index (χ4n) is 4.30. The molecule has 6 nitrogen and oxygen atoms in total. The molecule has 2 aromatic rings. The van der Waals surface area contributed by atoms with E-state index in [1.54, 1.807) is 11.3 Å². The van der Waals surface area contributed by atoms with E-state index >= 15 is 0 Å². The van der Waals surface area contributed by atoms with Crippen LogP contribution in [0.1, 0.15) is 50.6 Å². The van der Waals surface area contributed by atoms with Crippen LogP contribution in [0.5, 0.6) is 0 Å². The summed E-state index contributed by atoms with van der Waals surface area (Å²) in [5, 5.41) is 9.13. The number of likely N-dealkylation sites (tertiary alicyclic amines) is 1. The molecule has 2 N–H and O–H groups in total. The number of nitrogens with one attached hydrogen (secondary N) is 2. The van der Waals surface area contributed by atoms with Gasteiger partial charge in [0.25, 0.3) is 0 Å². The monoisotopic (exact) mass is 426 g/mol. The first-order valence-corrected chi connectivity index (χ1v) is 11.9. The maximum atomic E-state index is 12.7. The van der Waals surface area contributed by atoms with E-state index in [4.69, 9.17) is 0 Å². The third-order valence-corrected chi connectivity index (χ3v) is 6.97. The fraction of sp³-hybridized carbons (Fsp3) is 0.522. The summed E-state index contributed by atoms with van der Waals surface area (Å²) < 4.78 is 0. The van der Waals surface area contributed by atoms with Gasteiger partial charge >= 0.3 is 6.03 Å². The molecule has 0 unspecified atom stereocenters. The van der Waals surface area contributed by atoms with Crippen molar-refractivity contribution in [2.75, 3.05) is 13.1 Å². The van der Waals surface area contributed by atoms with Gasteiger partial charge in [-0.25, -0.2) is 9.78 Å². The topological polar surface area (TPSA) is 74.3 Å². The molecule has 0 spiro atoms. The van der Waals surface area contributed by atoms with E-state index < -0.39 is 0 Å². The van der Waals surface area contributed by atoms with Gasteiger partial charge in [0.15, 0.2) is 0 Å². The Morgan fingerprint density at radius 2 is 1.63 bits per heavy atom. The third kappa shape index (κ3) is 5.59. The molecule has 1 saturated heterocycles. The molecule has 3 amide bonds. The third-order valence-electron chi connectivity index (χ3n) is 6.03. The van der Waals surface area contributed by atoms with E-state index in [0.717, 1.165) is 41.9 Å². The summed E-state index contributed by atoms with van der Waals surface area (Å²) in [4.78, 5) is 31.5. The Kier molecular flexibility index (Phi) is 7.00. The van der Waals surface area contributed by atoms with Crippen LogP contribution in [0.25, 0.3) is 10.6 Å². The molecule has 0 atom stereocenters. The molecular formula is C23H30N4O2S. The number of rotatable bonds is 5. The van der Waals surface area contributed by atoms with E-state index in [1.807, 2.05) is 40.6 Å². The molecule has 1 aliphatic heterocycles. The molecule has 1 aliphatic carbocycles. The Hall–Kier alpha value is -2.41. The molecule has 1 saturated carbocycles. The molecule has 4 rings (SSSR count). The number of carbonyl (C=O) groups is 2. The van der Waals surface area contributed by atoms with Crippen LogP contribution in [0.3, 0.4) is 0 Å². The molecule has 30 heavy (non-hydrogen) atoms. The number of piperidine rings is 1. The van der Waals surface area contributed by atoms with Crippen LogP contribution >= 0.6 is 11.3 Å². The minimum absolute atomic E-state index is 0.0532. The first-order chi connectivity index (χ1) is 14.7. The zero-order valence-electron chi connectivity index (χ0n) is 17.3. The van der Waals surface area contributed by atoms with Crippen LogP contribution in [0, 0.1) is 0 Å². The zero-order chi connectivity index (χ0) is 20.8. The number of aromatic nitrogens is 1. The average molecular weight is 427 g/mol. The summed E-state index contributed by atoms with van der Waals surface area (Å²) in [6.07, 6.45) is 7.80. The number of hydrogen-bond acceptors (Lipinski definition) is 4. The summed E-state index contributed by atoms with van der Waals surface area (Å²) in [6, 6.07) is 10.5. The highest BCUT2D eigenvalue weighted by Crippen LogP contribution is 2.24. The fourth-order valence-corrected chi connectivity index (χ4v) is 5.13. The van der Waals surface area contributed by atoms with Gasteiger partial charge in [0.05, 0.1) is 12.1 Å². The van der Waals surface area contributed by atoms with Gasteiger partial charge in [0, 0.05) is 36.1 Å². The summed E-state index contributed by atoms with van der Waals surface area (Å²) in [5.41, 5.74) is 1.91. The molecule has 1 aromatic heterocycles. The minimum Gasteiger partial charge on any atom is -0.342 e. The van der Waals surface area contributed by atoms with Gasteiger partial charge in [-0.3, -0.25) is 4.79 Å². The lowest BCUT2D eigenvalue weighted by Gasteiger charge is -2.33. The van der Waals surface area contributed by atoms with Crippen LogP contribution in [-0.2, 0) is 11.2 Å². The number of benzene rings is 1. The Labute approximate surface area is 182 Å². The van der Waals surface area contributed by atoms with Crippen molar-refractivity contribution >= 4 is 23.3 Å². The lowest BCUT2D eigenvalue weighted by molar-refractivity contribution is -0.131. The number of carbonyl (C=O) groups excluding carboxylic acids is 2. The summed E-state index contributed by atoms with van der Waals surface area (Å²) in [6.45, 7) is 1.37. The van der Waals surface area contributed by atoms with E-state index in [9.17, 15) is 9.59 Å². The van der Waals surface area contributed by atoms with Crippen molar-refractivity contribution in [1.29, 1.82) is 0 Å². The van der Waals surface area contributed by atoms with E-state index in [1.165, 1.54) is 19.3 Å². The number of hydrogen-bond donors (Lipinski definition) is 2. The van der Waals surface area contributed by atoms with Crippen LogP contribution in [-0.4, -0.2) is 47.0 Å². The van der Waals surface area contributed by atoms with Crippen molar-refractivity contribution < 1.29 is 9.59 Å².